The molecule has 2 aromatic rings. The second-order valence-electron chi connectivity index (χ2n) is 6.05. The number of carbonyl (C=O) groups excluding carboxylic acids is 1. The summed E-state index contributed by atoms with van der Waals surface area (Å²) in [6.45, 7) is 2.75. The topological polar surface area (TPSA) is 50.8 Å². The maximum absolute atomic E-state index is 12.7. The van der Waals surface area contributed by atoms with E-state index in [1.807, 2.05) is 0 Å². The quantitative estimate of drug-likeness (QED) is 0.823. The van der Waals surface area contributed by atoms with Gasteiger partial charge in [-0.05, 0) is 55.6 Å². The summed E-state index contributed by atoms with van der Waals surface area (Å²) in [7, 11) is 3.15. The molecule has 25 heavy (non-hydrogen) atoms. The highest BCUT2D eigenvalue weighted by Crippen LogP contribution is 2.28. The van der Waals surface area contributed by atoms with E-state index in [1.54, 1.807) is 43.8 Å². The van der Waals surface area contributed by atoms with Gasteiger partial charge in [-0.2, -0.15) is 0 Å². The van der Waals surface area contributed by atoms with Gasteiger partial charge in [-0.25, -0.2) is 0 Å². The molecule has 1 saturated heterocycles. The number of hydrogen-bond donors (Lipinski definition) is 1. The van der Waals surface area contributed by atoms with Crippen LogP contribution in [-0.2, 0) is 0 Å². The molecule has 134 valence electrons. The van der Waals surface area contributed by atoms with Crippen LogP contribution < -0.4 is 14.8 Å². The molecule has 1 unspecified atom stereocenters. The van der Waals surface area contributed by atoms with E-state index in [1.165, 1.54) is 17.7 Å². The molecule has 1 N–H and O–H groups in total. The number of benzene rings is 1. The third-order valence-electron chi connectivity index (χ3n) is 4.56. The number of ether oxygens (including phenoxy) is 2. The van der Waals surface area contributed by atoms with Crippen LogP contribution >= 0.6 is 11.3 Å². The van der Waals surface area contributed by atoms with Crippen molar-refractivity contribution in [1.29, 1.82) is 0 Å². The predicted molar refractivity (Wildman–Crippen MR) is 99.7 cm³/mol. The first kappa shape index (κ1) is 17.8. The van der Waals surface area contributed by atoms with Crippen LogP contribution in [0, 0.1) is 0 Å². The average Bonchev–Trinajstić information content (AvgIpc) is 3.35. The minimum atomic E-state index is -0.142. The van der Waals surface area contributed by atoms with E-state index in [2.05, 4.69) is 27.7 Å². The molecule has 0 saturated carbocycles. The molecule has 1 aromatic heterocycles. The van der Waals surface area contributed by atoms with Crippen LogP contribution in [0.25, 0.3) is 0 Å². The van der Waals surface area contributed by atoms with E-state index in [9.17, 15) is 4.79 Å². The Bertz CT molecular complexity index is 697. The van der Waals surface area contributed by atoms with Gasteiger partial charge in [0.2, 0.25) is 0 Å². The van der Waals surface area contributed by atoms with E-state index in [0.29, 0.717) is 23.6 Å². The molecule has 1 atom stereocenters. The van der Waals surface area contributed by atoms with Crippen molar-refractivity contribution in [3.63, 3.8) is 0 Å². The number of likely N-dealkylation sites (tertiary alicyclic amines) is 1. The van der Waals surface area contributed by atoms with Crippen LogP contribution in [0.2, 0.25) is 0 Å². The van der Waals surface area contributed by atoms with Gasteiger partial charge in [-0.1, -0.05) is 6.07 Å². The Balaban J connectivity index is 1.73. The highest BCUT2D eigenvalue weighted by molar-refractivity contribution is 7.10. The summed E-state index contributed by atoms with van der Waals surface area (Å²) in [5.41, 5.74) is 0.494. The summed E-state index contributed by atoms with van der Waals surface area (Å²) < 4.78 is 10.5. The van der Waals surface area contributed by atoms with Gasteiger partial charge >= 0.3 is 0 Å². The molecule has 3 rings (SSSR count). The molecule has 1 aromatic carbocycles. The normalized spacial score (nSPS) is 15.8. The summed E-state index contributed by atoms with van der Waals surface area (Å²) in [6.07, 6.45) is 2.44. The van der Waals surface area contributed by atoms with Crippen LogP contribution in [0.5, 0.6) is 11.5 Å². The molecule has 1 aliphatic rings. The molecule has 1 aliphatic heterocycles. The molecule has 0 aliphatic carbocycles. The van der Waals surface area contributed by atoms with Gasteiger partial charge in [-0.3, -0.25) is 9.69 Å². The van der Waals surface area contributed by atoms with Crippen LogP contribution in [0.15, 0.2) is 35.7 Å². The first-order chi connectivity index (χ1) is 12.2. The molecule has 1 amide bonds. The third kappa shape index (κ3) is 4.14. The van der Waals surface area contributed by atoms with Crippen molar-refractivity contribution in [2.24, 2.45) is 0 Å². The smallest absolute Gasteiger partial charge is 0.255 e. The largest absolute Gasteiger partial charge is 0.497 e. The van der Waals surface area contributed by atoms with Crippen molar-refractivity contribution in [1.82, 2.24) is 10.2 Å². The Labute approximate surface area is 152 Å². The highest BCUT2D eigenvalue weighted by atomic mass is 32.1. The second-order valence-corrected chi connectivity index (χ2v) is 7.03. The van der Waals surface area contributed by atoms with E-state index in [4.69, 9.17) is 9.47 Å². The number of thiophene rings is 1. The minimum absolute atomic E-state index is 0.142. The van der Waals surface area contributed by atoms with Gasteiger partial charge in [0.25, 0.3) is 5.91 Å². The standard InChI is InChI=1S/C19H24N2O3S/c1-23-14-7-8-17(24-2)15(12-14)19(22)20-13-16(18-6-5-11-25-18)21-9-3-4-10-21/h5-8,11-12,16H,3-4,9-10,13H2,1-2H3,(H,20,22). The second kappa shape index (κ2) is 8.36. The zero-order valence-electron chi connectivity index (χ0n) is 14.7. The molecule has 1 fully saturated rings. The Kier molecular flexibility index (Phi) is 5.94. The maximum Gasteiger partial charge on any atom is 0.255 e. The Hall–Kier alpha value is -2.05. The molecule has 5 nitrogen and oxygen atoms in total. The van der Waals surface area contributed by atoms with Gasteiger partial charge in [0, 0.05) is 11.4 Å². The lowest BCUT2D eigenvalue weighted by Crippen LogP contribution is -2.36. The number of carbonyl (C=O) groups is 1. The summed E-state index contributed by atoms with van der Waals surface area (Å²) in [5, 5.41) is 5.17. The molecule has 6 heteroatoms. The zero-order valence-corrected chi connectivity index (χ0v) is 15.5. The number of nitrogens with zero attached hydrogens (tertiary/aromatic N) is 1. The first-order valence-electron chi connectivity index (χ1n) is 8.50. The molecule has 2 heterocycles. The van der Waals surface area contributed by atoms with Crippen molar-refractivity contribution < 1.29 is 14.3 Å². The fraction of sp³-hybridized carbons (Fsp3) is 0.421. The van der Waals surface area contributed by atoms with Gasteiger partial charge in [0.15, 0.2) is 0 Å². The summed E-state index contributed by atoms with van der Waals surface area (Å²) in [6, 6.07) is 9.69. The van der Waals surface area contributed by atoms with Crippen LogP contribution in [-0.4, -0.2) is 44.7 Å². The molecule has 0 bridgehead atoms. The van der Waals surface area contributed by atoms with Crippen molar-refractivity contribution in [3.8, 4) is 11.5 Å². The van der Waals surface area contributed by atoms with E-state index < -0.39 is 0 Å². The number of amides is 1. The SMILES string of the molecule is COc1ccc(OC)c(C(=O)NCC(c2cccs2)N2CCCC2)c1. The Morgan fingerprint density at radius 3 is 2.68 bits per heavy atom. The molecular weight excluding hydrogens is 336 g/mol. The summed E-state index contributed by atoms with van der Waals surface area (Å²) >= 11 is 1.74. The Morgan fingerprint density at radius 2 is 2.04 bits per heavy atom. The third-order valence-corrected chi connectivity index (χ3v) is 5.53. The van der Waals surface area contributed by atoms with Crippen molar-refractivity contribution in [2.75, 3.05) is 33.9 Å². The van der Waals surface area contributed by atoms with Gasteiger partial charge in [0.05, 0.1) is 25.8 Å². The van der Waals surface area contributed by atoms with Crippen molar-refractivity contribution in [2.45, 2.75) is 18.9 Å². The van der Waals surface area contributed by atoms with Gasteiger partial charge in [-0.15, -0.1) is 11.3 Å². The van der Waals surface area contributed by atoms with E-state index in [0.717, 1.165) is 13.1 Å². The lowest BCUT2D eigenvalue weighted by Gasteiger charge is -2.27. The summed E-state index contributed by atoms with van der Waals surface area (Å²) in [5.74, 6) is 1.05. The lowest BCUT2D eigenvalue weighted by atomic mass is 10.1. The molecule has 0 radical (unpaired) electrons. The number of hydrogen-bond acceptors (Lipinski definition) is 5. The number of rotatable bonds is 7. The highest BCUT2D eigenvalue weighted by Gasteiger charge is 2.25. The minimum Gasteiger partial charge on any atom is -0.497 e. The number of methoxy groups -OCH3 is 2. The van der Waals surface area contributed by atoms with Gasteiger partial charge < -0.3 is 14.8 Å². The number of nitrogens with one attached hydrogen (secondary N) is 1. The van der Waals surface area contributed by atoms with Crippen LogP contribution in [0.3, 0.4) is 0 Å². The van der Waals surface area contributed by atoms with Crippen molar-refractivity contribution >= 4 is 17.2 Å². The van der Waals surface area contributed by atoms with E-state index in [-0.39, 0.29) is 11.9 Å². The summed E-state index contributed by atoms with van der Waals surface area (Å²) in [4.78, 5) is 16.5. The Morgan fingerprint density at radius 1 is 1.24 bits per heavy atom. The first-order valence-corrected chi connectivity index (χ1v) is 9.38. The molecule has 0 spiro atoms. The monoisotopic (exact) mass is 360 g/mol. The van der Waals surface area contributed by atoms with E-state index >= 15 is 0 Å². The fourth-order valence-corrected chi connectivity index (χ4v) is 4.08. The van der Waals surface area contributed by atoms with Crippen molar-refractivity contribution in [3.05, 3.63) is 46.2 Å². The fourth-order valence-electron chi connectivity index (χ4n) is 3.22. The zero-order chi connectivity index (χ0) is 17.6. The van der Waals surface area contributed by atoms with Gasteiger partial charge in [0.1, 0.15) is 11.5 Å². The van der Waals surface area contributed by atoms with Crippen LogP contribution in [0.4, 0.5) is 0 Å². The molecular formula is C19H24N2O3S. The lowest BCUT2D eigenvalue weighted by molar-refractivity contribution is 0.0935. The maximum atomic E-state index is 12.7. The van der Waals surface area contributed by atoms with Crippen LogP contribution in [0.1, 0.15) is 34.1 Å². The average molecular weight is 360 g/mol. The predicted octanol–water partition coefficient (Wildman–Crippen LogP) is 3.33.